The molecule has 8 heteroatoms. The lowest BCUT2D eigenvalue weighted by atomic mass is 9.90. The first-order valence-corrected chi connectivity index (χ1v) is 8.73. The molecule has 1 saturated heterocycles. The number of nitrogens with zero attached hydrogens (tertiary/aromatic N) is 6. The normalized spacial score (nSPS) is 22.5. The number of aromatic nitrogens is 5. The summed E-state index contributed by atoms with van der Waals surface area (Å²) in [7, 11) is 1.84. The molecule has 1 fully saturated rings. The van der Waals surface area contributed by atoms with Crippen LogP contribution in [0.1, 0.15) is 49.7 Å². The first-order chi connectivity index (χ1) is 11.3. The standard InChI is InChI=1S/C16H25ClN6O/c1-11(2)23-9-14(18-20-23)16(24)6-5-7-22(10-16)8-13-12(3)19-21(4)15(13)17/h9,11,24H,5-8,10H2,1-4H3. The lowest BCUT2D eigenvalue weighted by molar-refractivity contribution is -0.0415. The molecular weight excluding hydrogens is 328 g/mol. The molecule has 1 N–H and O–H groups in total. The van der Waals surface area contributed by atoms with Crippen molar-refractivity contribution in [1.82, 2.24) is 29.7 Å². The zero-order chi connectivity index (χ0) is 17.5. The van der Waals surface area contributed by atoms with Gasteiger partial charge in [0.15, 0.2) is 0 Å². The summed E-state index contributed by atoms with van der Waals surface area (Å²) >= 11 is 6.35. The van der Waals surface area contributed by atoms with Gasteiger partial charge in [-0.3, -0.25) is 9.58 Å². The van der Waals surface area contributed by atoms with Gasteiger partial charge in [-0.25, -0.2) is 4.68 Å². The summed E-state index contributed by atoms with van der Waals surface area (Å²) in [5.74, 6) is 0. The van der Waals surface area contributed by atoms with Crippen molar-refractivity contribution in [1.29, 1.82) is 0 Å². The smallest absolute Gasteiger partial charge is 0.131 e. The largest absolute Gasteiger partial charge is 0.382 e. The highest BCUT2D eigenvalue weighted by molar-refractivity contribution is 6.30. The topological polar surface area (TPSA) is 72.0 Å². The fourth-order valence-corrected chi connectivity index (χ4v) is 3.52. The van der Waals surface area contributed by atoms with E-state index in [-0.39, 0.29) is 6.04 Å². The van der Waals surface area contributed by atoms with Gasteiger partial charge in [0.25, 0.3) is 0 Å². The molecule has 3 heterocycles. The van der Waals surface area contributed by atoms with Crippen LogP contribution < -0.4 is 0 Å². The maximum absolute atomic E-state index is 11.1. The summed E-state index contributed by atoms with van der Waals surface area (Å²) in [5, 5.41) is 24.5. The Morgan fingerprint density at radius 1 is 1.42 bits per heavy atom. The van der Waals surface area contributed by atoms with Crippen LogP contribution in [0.5, 0.6) is 0 Å². The van der Waals surface area contributed by atoms with E-state index in [9.17, 15) is 5.11 Å². The summed E-state index contributed by atoms with van der Waals surface area (Å²) < 4.78 is 3.48. The van der Waals surface area contributed by atoms with Gasteiger partial charge in [0.05, 0.1) is 11.9 Å². The number of piperidine rings is 1. The van der Waals surface area contributed by atoms with Crippen LogP contribution in [0.25, 0.3) is 0 Å². The summed E-state index contributed by atoms with van der Waals surface area (Å²) in [6.07, 6.45) is 3.46. The number of rotatable bonds is 4. The summed E-state index contributed by atoms with van der Waals surface area (Å²) in [6.45, 7) is 8.18. The number of hydrogen-bond donors (Lipinski definition) is 1. The average Bonchev–Trinajstić information content (AvgIpc) is 3.10. The number of aliphatic hydroxyl groups is 1. The second-order valence-corrected chi connectivity index (χ2v) is 7.36. The quantitative estimate of drug-likeness (QED) is 0.911. The molecule has 2 aromatic heterocycles. The Balaban J connectivity index is 1.78. The molecule has 132 valence electrons. The monoisotopic (exact) mass is 352 g/mol. The molecule has 24 heavy (non-hydrogen) atoms. The van der Waals surface area contributed by atoms with E-state index in [2.05, 4.69) is 20.3 Å². The van der Waals surface area contributed by atoms with Gasteiger partial charge in [-0.05, 0) is 40.2 Å². The summed E-state index contributed by atoms with van der Waals surface area (Å²) in [5.41, 5.74) is 1.64. The molecule has 0 saturated carbocycles. The Labute approximate surface area is 147 Å². The van der Waals surface area contributed by atoms with E-state index in [0.717, 1.165) is 24.2 Å². The van der Waals surface area contributed by atoms with Crippen LogP contribution in [-0.4, -0.2) is 47.9 Å². The molecule has 0 aliphatic carbocycles. The number of hydrogen-bond acceptors (Lipinski definition) is 5. The summed E-state index contributed by atoms with van der Waals surface area (Å²) in [6, 6.07) is 0.228. The Morgan fingerprint density at radius 3 is 2.75 bits per heavy atom. The maximum Gasteiger partial charge on any atom is 0.131 e. The molecule has 0 bridgehead atoms. The van der Waals surface area contributed by atoms with E-state index in [0.29, 0.717) is 30.4 Å². The van der Waals surface area contributed by atoms with Crippen molar-refractivity contribution in [2.75, 3.05) is 13.1 Å². The molecule has 1 unspecified atom stereocenters. The molecule has 3 rings (SSSR count). The van der Waals surface area contributed by atoms with Gasteiger partial charge in [-0.1, -0.05) is 16.8 Å². The predicted octanol–water partition coefficient (Wildman–Crippen LogP) is 2.04. The molecule has 0 amide bonds. The second kappa shape index (κ2) is 6.46. The third-order valence-corrected chi connectivity index (χ3v) is 5.19. The molecule has 7 nitrogen and oxygen atoms in total. The molecule has 2 aromatic rings. The summed E-state index contributed by atoms with van der Waals surface area (Å²) in [4.78, 5) is 2.22. The van der Waals surface area contributed by atoms with Crippen molar-refractivity contribution in [2.24, 2.45) is 7.05 Å². The fourth-order valence-electron chi connectivity index (χ4n) is 3.29. The lowest BCUT2D eigenvalue weighted by Gasteiger charge is -2.38. The molecule has 1 aliphatic rings. The van der Waals surface area contributed by atoms with Crippen molar-refractivity contribution in [3.8, 4) is 0 Å². The Morgan fingerprint density at radius 2 is 2.17 bits per heavy atom. The first kappa shape index (κ1) is 17.4. The van der Waals surface area contributed by atoms with Crippen molar-refractivity contribution in [3.63, 3.8) is 0 Å². The number of likely N-dealkylation sites (tertiary alicyclic amines) is 1. The number of halogens is 1. The average molecular weight is 353 g/mol. The highest BCUT2D eigenvalue weighted by Crippen LogP contribution is 2.32. The van der Waals surface area contributed by atoms with E-state index >= 15 is 0 Å². The van der Waals surface area contributed by atoms with Crippen molar-refractivity contribution in [2.45, 2.75) is 51.8 Å². The van der Waals surface area contributed by atoms with Crippen LogP contribution in [0, 0.1) is 6.92 Å². The molecule has 0 radical (unpaired) electrons. The third-order valence-electron chi connectivity index (χ3n) is 4.72. The van der Waals surface area contributed by atoms with E-state index in [1.54, 1.807) is 9.36 Å². The highest BCUT2D eigenvalue weighted by atomic mass is 35.5. The zero-order valence-electron chi connectivity index (χ0n) is 14.7. The van der Waals surface area contributed by atoms with Crippen molar-refractivity contribution in [3.05, 3.63) is 28.3 Å². The number of aryl methyl sites for hydroxylation is 2. The van der Waals surface area contributed by atoms with Crippen molar-refractivity contribution < 1.29 is 5.11 Å². The zero-order valence-corrected chi connectivity index (χ0v) is 15.5. The lowest BCUT2D eigenvalue weighted by Crippen LogP contribution is -2.46. The fraction of sp³-hybridized carbons (Fsp3) is 0.688. The van der Waals surface area contributed by atoms with E-state index in [1.807, 2.05) is 34.0 Å². The van der Waals surface area contributed by atoms with Gasteiger partial charge in [0, 0.05) is 31.7 Å². The maximum atomic E-state index is 11.1. The van der Waals surface area contributed by atoms with Gasteiger partial charge < -0.3 is 5.11 Å². The van der Waals surface area contributed by atoms with E-state index in [1.165, 1.54) is 0 Å². The highest BCUT2D eigenvalue weighted by Gasteiger charge is 2.38. The Kier molecular flexibility index (Phi) is 4.68. The Bertz CT molecular complexity index is 724. The Hall–Kier alpha value is -1.44. The number of β-amino-alcohol motifs (C(OH)–C–C–N with tert-alkyl or cyclic N) is 1. The minimum absolute atomic E-state index is 0.228. The predicted molar refractivity (Wildman–Crippen MR) is 91.8 cm³/mol. The molecule has 0 spiro atoms. The van der Waals surface area contributed by atoms with Crippen LogP contribution in [0.3, 0.4) is 0 Å². The van der Waals surface area contributed by atoms with Crippen molar-refractivity contribution >= 4 is 11.6 Å². The molecule has 0 aromatic carbocycles. The van der Waals surface area contributed by atoms with Crippen LogP contribution in [0.4, 0.5) is 0 Å². The van der Waals surface area contributed by atoms with Crippen LogP contribution in [0.2, 0.25) is 5.15 Å². The molecule has 1 aliphatic heterocycles. The minimum Gasteiger partial charge on any atom is -0.382 e. The van der Waals surface area contributed by atoms with Gasteiger partial charge in [0.1, 0.15) is 16.4 Å². The van der Waals surface area contributed by atoms with Gasteiger partial charge in [-0.15, -0.1) is 5.10 Å². The van der Waals surface area contributed by atoms with E-state index < -0.39 is 5.60 Å². The molecule has 1 atom stereocenters. The van der Waals surface area contributed by atoms with Gasteiger partial charge in [0.2, 0.25) is 0 Å². The third kappa shape index (κ3) is 3.20. The first-order valence-electron chi connectivity index (χ1n) is 8.35. The van der Waals surface area contributed by atoms with E-state index in [4.69, 9.17) is 11.6 Å². The minimum atomic E-state index is -0.964. The molecular formula is C16H25ClN6O. The van der Waals surface area contributed by atoms with Crippen LogP contribution in [-0.2, 0) is 19.2 Å². The second-order valence-electron chi connectivity index (χ2n) is 7.00. The van der Waals surface area contributed by atoms with Gasteiger partial charge >= 0.3 is 0 Å². The van der Waals surface area contributed by atoms with Gasteiger partial charge in [-0.2, -0.15) is 5.10 Å². The SMILES string of the molecule is Cc1nn(C)c(Cl)c1CN1CCCC(O)(c2cn(C(C)C)nn2)C1. The van der Waals surface area contributed by atoms with Crippen LogP contribution >= 0.6 is 11.6 Å². The van der Waals surface area contributed by atoms with Crippen LogP contribution in [0.15, 0.2) is 6.20 Å².